The van der Waals surface area contributed by atoms with E-state index in [1.807, 2.05) is 6.07 Å². The van der Waals surface area contributed by atoms with Crippen LogP contribution in [0, 0.1) is 0 Å². The van der Waals surface area contributed by atoms with Gasteiger partial charge in [0.2, 0.25) is 0 Å². The number of benzene rings is 1. The highest BCUT2D eigenvalue weighted by Gasteiger charge is 2.12. The summed E-state index contributed by atoms with van der Waals surface area (Å²) < 4.78 is 5.50. The van der Waals surface area contributed by atoms with E-state index in [1.165, 1.54) is 5.56 Å². The molecule has 0 saturated carbocycles. The standard InChI is InChI=1S/C14H24N2O/c1-3-16(13(2)12-17-10-9-15)11-14-7-5-4-6-8-14/h4-8,13H,3,9-12,15H2,1-2H3. The summed E-state index contributed by atoms with van der Waals surface area (Å²) in [6.45, 7) is 8.38. The molecular formula is C14H24N2O. The van der Waals surface area contributed by atoms with Gasteiger partial charge in [0.05, 0.1) is 13.2 Å². The second-order valence-corrected chi connectivity index (χ2v) is 4.26. The molecule has 1 rings (SSSR count). The number of nitrogens with two attached hydrogens (primary N) is 1. The minimum atomic E-state index is 0.423. The average Bonchev–Trinajstić information content (AvgIpc) is 2.37. The zero-order valence-corrected chi connectivity index (χ0v) is 10.9. The van der Waals surface area contributed by atoms with Crippen molar-refractivity contribution in [2.45, 2.75) is 26.4 Å². The Hall–Kier alpha value is -0.900. The Balaban J connectivity index is 2.42. The molecule has 0 aliphatic rings. The first-order valence-corrected chi connectivity index (χ1v) is 6.33. The van der Waals surface area contributed by atoms with Crippen molar-refractivity contribution in [2.24, 2.45) is 5.73 Å². The van der Waals surface area contributed by atoms with Crippen molar-refractivity contribution in [2.75, 3.05) is 26.3 Å². The van der Waals surface area contributed by atoms with Crippen LogP contribution in [-0.2, 0) is 11.3 Å². The second-order valence-electron chi connectivity index (χ2n) is 4.26. The largest absolute Gasteiger partial charge is 0.379 e. The van der Waals surface area contributed by atoms with E-state index in [0.29, 0.717) is 19.2 Å². The van der Waals surface area contributed by atoms with Crippen LogP contribution in [0.3, 0.4) is 0 Å². The minimum absolute atomic E-state index is 0.423. The topological polar surface area (TPSA) is 38.5 Å². The summed E-state index contributed by atoms with van der Waals surface area (Å²) in [7, 11) is 0. The minimum Gasteiger partial charge on any atom is -0.379 e. The summed E-state index contributed by atoms with van der Waals surface area (Å²) >= 11 is 0. The highest BCUT2D eigenvalue weighted by molar-refractivity contribution is 5.14. The highest BCUT2D eigenvalue weighted by Crippen LogP contribution is 2.08. The SMILES string of the molecule is CCN(Cc1ccccc1)C(C)COCCN. The number of hydrogen-bond acceptors (Lipinski definition) is 3. The van der Waals surface area contributed by atoms with Crippen molar-refractivity contribution >= 4 is 0 Å². The van der Waals surface area contributed by atoms with Crippen LogP contribution in [0.1, 0.15) is 19.4 Å². The van der Waals surface area contributed by atoms with Crippen LogP contribution < -0.4 is 5.73 Å². The lowest BCUT2D eigenvalue weighted by molar-refractivity contribution is 0.0693. The third kappa shape index (κ3) is 5.31. The van der Waals surface area contributed by atoms with Crippen molar-refractivity contribution in [3.05, 3.63) is 35.9 Å². The van der Waals surface area contributed by atoms with E-state index in [0.717, 1.165) is 19.7 Å². The Kier molecular flexibility index (Phi) is 6.86. The molecule has 0 bridgehead atoms. The molecule has 2 N–H and O–H groups in total. The van der Waals surface area contributed by atoms with E-state index >= 15 is 0 Å². The smallest absolute Gasteiger partial charge is 0.0619 e. The molecule has 3 nitrogen and oxygen atoms in total. The number of rotatable bonds is 8. The van der Waals surface area contributed by atoms with Crippen molar-refractivity contribution in [1.29, 1.82) is 0 Å². The molecule has 0 saturated heterocycles. The van der Waals surface area contributed by atoms with Gasteiger partial charge < -0.3 is 10.5 Å². The lowest BCUT2D eigenvalue weighted by Gasteiger charge is -2.27. The maximum atomic E-state index is 5.50. The zero-order chi connectivity index (χ0) is 12.5. The lowest BCUT2D eigenvalue weighted by Crippen LogP contribution is -2.36. The summed E-state index contributed by atoms with van der Waals surface area (Å²) in [5, 5.41) is 0. The zero-order valence-electron chi connectivity index (χ0n) is 10.9. The fourth-order valence-electron chi connectivity index (χ4n) is 1.84. The number of ether oxygens (including phenoxy) is 1. The van der Waals surface area contributed by atoms with Gasteiger partial charge in [-0.05, 0) is 19.0 Å². The predicted octanol–water partition coefficient (Wildman–Crippen LogP) is 1.87. The molecular weight excluding hydrogens is 212 g/mol. The molecule has 1 atom stereocenters. The van der Waals surface area contributed by atoms with Crippen LogP contribution in [0.15, 0.2) is 30.3 Å². The van der Waals surface area contributed by atoms with Crippen LogP contribution in [0.25, 0.3) is 0 Å². The molecule has 0 heterocycles. The normalized spacial score (nSPS) is 12.9. The Morgan fingerprint density at radius 3 is 2.59 bits per heavy atom. The maximum Gasteiger partial charge on any atom is 0.0619 e. The Morgan fingerprint density at radius 1 is 1.29 bits per heavy atom. The van der Waals surface area contributed by atoms with Gasteiger partial charge in [-0.3, -0.25) is 4.90 Å². The van der Waals surface area contributed by atoms with Crippen LogP contribution in [-0.4, -0.2) is 37.2 Å². The molecule has 3 heteroatoms. The first-order chi connectivity index (χ1) is 8.27. The number of likely N-dealkylation sites (N-methyl/N-ethyl adjacent to an activating group) is 1. The lowest BCUT2D eigenvalue weighted by atomic mass is 10.2. The molecule has 0 spiro atoms. The monoisotopic (exact) mass is 236 g/mol. The van der Waals surface area contributed by atoms with Gasteiger partial charge in [0, 0.05) is 19.1 Å². The summed E-state index contributed by atoms with van der Waals surface area (Å²) in [5.74, 6) is 0. The molecule has 0 aliphatic heterocycles. The van der Waals surface area contributed by atoms with E-state index in [1.54, 1.807) is 0 Å². The third-order valence-electron chi connectivity index (χ3n) is 2.88. The highest BCUT2D eigenvalue weighted by atomic mass is 16.5. The van der Waals surface area contributed by atoms with E-state index in [4.69, 9.17) is 10.5 Å². The van der Waals surface area contributed by atoms with Gasteiger partial charge in [-0.15, -0.1) is 0 Å². The first kappa shape index (κ1) is 14.2. The second kappa shape index (κ2) is 8.23. The van der Waals surface area contributed by atoms with Gasteiger partial charge in [0.15, 0.2) is 0 Å². The fraction of sp³-hybridized carbons (Fsp3) is 0.571. The first-order valence-electron chi connectivity index (χ1n) is 6.33. The van der Waals surface area contributed by atoms with Crippen molar-refractivity contribution < 1.29 is 4.74 Å². The van der Waals surface area contributed by atoms with Gasteiger partial charge >= 0.3 is 0 Å². The Labute approximate surface area is 105 Å². The van der Waals surface area contributed by atoms with Crippen LogP contribution in [0.4, 0.5) is 0 Å². The van der Waals surface area contributed by atoms with Gasteiger partial charge in [-0.25, -0.2) is 0 Å². The summed E-state index contributed by atoms with van der Waals surface area (Å²) in [5.41, 5.74) is 6.76. The van der Waals surface area contributed by atoms with Crippen molar-refractivity contribution in [1.82, 2.24) is 4.90 Å². The number of nitrogens with zero attached hydrogens (tertiary/aromatic N) is 1. The third-order valence-corrected chi connectivity index (χ3v) is 2.88. The molecule has 0 fully saturated rings. The molecule has 0 radical (unpaired) electrons. The number of hydrogen-bond donors (Lipinski definition) is 1. The van der Waals surface area contributed by atoms with E-state index in [-0.39, 0.29) is 0 Å². The van der Waals surface area contributed by atoms with Crippen LogP contribution in [0.5, 0.6) is 0 Å². The van der Waals surface area contributed by atoms with Gasteiger partial charge in [-0.1, -0.05) is 37.3 Å². The van der Waals surface area contributed by atoms with E-state index in [2.05, 4.69) is 43.0 Å². The molecule has 1 aromatic carbocycles. The van der Waals surface area contributed by atoms with Gasteiger partial charge in [0.25, 0.3) is 0 Å². The van der Waals surface area contributed by atoms with Crippen LogP contribution >= 0.6 is 0 Å². The van der Waals surface area contributed by atoms with Gasteiger partial charge in [0.1, 0.15) is 0 Å². The molecule has 1 unspecified atom stereocenters. The van der Waals surface area contributed by atoms with Crippen molar-refractivity contribution in [3.8, 4) is 0 Å². The van der Waals surface area contributed by atoms with Crippen molar-refractivity contribution in [3.63, 3.8) is 0 Å². The molecule has 17 heavy (non-hydrogen) atoms. The van der Waals surface area contributed by atoms with Crippen LogP contribution in [0.2, 0.25) is 0 Å². The average molecular weight is 236 g/mol. The molecule has 1 aromatic rings. The van der Waals surface area contributed by atoms with Gasteiger partial charge in [-0.2, -0.15) is 0 Å². The molecule has 0 aliphatic carbocycles. The molecule has 96 valence electrons. The maximum absolute atomic E-state index is 5.50. The molecule has 0 aromatic heterocycles. The van der Waals surface area contributed by atoms with E-state index in [9.17, 15) is 0 Å². The summed E-state index contributed by atoms with van der Waals surface area (Å²) in [6, 6.07) is 11.0. The molecule has 0 amide bonds. The Morgan fingerprint density at radius 2 is 2.00 bits per heavy atom. The fourth-order valence-corrected chi connectivity index (χ4v) is 1.84. The summed E-state index contributed by atoms with van der Waals surface area (Å²) in [6.07, 6.45) is 0. The Bertz CT molecular complexity index is 290. The van der Waals surface area contributed by atoms with E-state index < -0.39 is 0 Å². The summed E-state index contributed by atoms with van der Waals surface area (Å²) in [4.78, 5) is 2.41. The quantitative estimate of drug-likeness (QED) is 0.700. The predicted molar refractivity (Wildman–Crippen MR) is 71.9 cm³/mol.